The molecule has 4 heteroatoms. The molecule has 1 aliphatic carbocycles. The standard InChI is InChI=1S/C14H15N3O/c1-17(11-5-3-2-4-6-11)14(18)13-9-12(15-16-13)10-7-8-10/h2-6,9-10H,7-8H2,1H3,(H,15,16). The second-order valence-corrected chi connectivity index (χ2v) is 4.68. The van der Waals surface area contributed by atoms with Gasteiger partial charge in [0.15, 0.2) is 5.69 Å². The average Bonchev–Trinajstić information content (AvgIpc) is 3.16. The number of hydrogen-bond acceptors (Lipinski definition) is 2. The Hall–Kier alpha value is -2.10. The first-order chi connectivity index (χ1) is 8.75. The third kappa shape index (κ3) is 2.01. The fraction of sp³-hybridized carbons (Fsp3) is 0.286. The van der Waals surface area contributed by atoms with Crippen molar-refractivity contribution in [2.24, 2.45) is 0 Å². The lowest BCUT2D eigenvalue weighted by atomic mass is 10.2. The van der Waals surface area contributed by atoms with Gasteiger partial charge >= 0.3 is 0 Å². The molecule has 0 unspecified atom stereocenters. The smallest absolute Gasteiger partial charge is 0.278 e. The van der Waals surface area contributed by atoms with E-state index in [1.165, 1.54) is 12.8 Å². The SMILES string of the molecule is CN(C(=O)c1cc(C2CC2)[nH]n1)c1ccccc1. The monoisotopic (exact) mass is 241 g/mol. The zero-order valence-electron chi connectivity index (χ0n) is 10.3. The van der Waals surface area contributed by atoms with Gasteiger partial charge in [0, 0.05) is 24.3 Å². The molecule has 1 heterocycles. The Morgan fingerprint density at radius 3 is 2.72 bits per heavy atom. The zero-order chi connectivity index (χ0) is 12.5. The number of nitrogens with zero attached hydrogens (tertiary/aromatic N) is 2. The fourth-order valence-electron chi connectivity index (χ4n) is 1.99. The molecule has 1 aromatic heterocycles. The van der Waals surface area contributed by atoms with Crippen molar-refractivity contribution in [1.29, 1.82) is 0 Å². The second-order valence-electron chi connectivity index (χ2n) is 4.68. The van der Waals surface area contributed by atoms with Gasteiger partial charge in [0.1, 0.15) is 0 Å². The Morgan fingerprint density at radius 1 is 1.33 bits per heavy atom. The Balaban J connectivity index is 1.80. The number of nitrogens with one attached hydrogen (secondary N) is 1. The van der Waals surface area contributed by atoms with E-state index in [9.17, 15) is 4.79 Å². The van der Waals surface area contributed by atoms with Crippen LogP contribution in [0.25, 0.3) is 0 Å². The summed E-state index contributed by atoms with van der Waals surface area (Å²) in [5, 5.41) is 7.07. The highest BCUT2D eigenvalue weighted by molar-refractivity contribution is 6.04. The van der Waals surface area contributed by atoms with E-state index in [4.69, 9.17) is 0 Å². The lowest BCUT2D eigenvalue weighted by Crippen LogP contribution is -2.26. The molecule has 1 N–H and O–H groups in total. The number of carbonyl (C=O) groups excluding carboxylic acids is 1. The summed E-state index contributed by atoms with van der Waals surface area (Å²) in [5.41, 5.74) is 2.45. The van der Waals surface area contributed by atoms with E-state index in [1.54, 1.807) is 11.9 Å². The van der Waals surface area contributed by atoms with Gasteiger partial charge in [-0.3, -0.25) is 9.89 Å². The number of rotatable bonds is 3. The first-order valence-corrected chi connectivity index (χ1v) is 6.14. The minimum Gasteiger partial charge on any atom is -0.310 e. The van der Waals surface area contributed by atoms with Crippen molar-refractivity contribution >= 4 is 11.6 Å². The van der Waals surface area contributed by atoms with E-state index in [-0.39, 0.29) is 5.91 Å². The second kappa shape index (κ2) is 4.29. The van der Waals surface area contributed by atoms with Gasteiger partial charge in [-0.25, -0.2) is 0 Å². The number of carbonyl (C=O) groups is 1. The third-order valence-corrected chi connectivity index (χ3v) is 3.28. The number of para-hydroxylation sites is 1. The minimum atomic E-state index is -0.0793. The highest BCUT2D eigenvalue weighted by atomic mass is 16.2. The van der Waals surface area contributed by atoms with Crippen LogP contribution < -0.4 is 4.90 Å². The van der Waals surface area contributed by atoms with Gasteiger partial charge in [0.05, 0.1) is 0 Å². The first-order valence-electron chi connectivity index (χ1n) is 6.14. The summed E-state index contributed by atoms with van der Waals surface area (Å²) in [5.74, 6) is 0.505. The molecule has 1 fully saturated rings. The van der Waals surface area contributed by atoms with Gasteiger partial charge in [-0.05, 0) is 31.0 Å². The number of aromatic nitrogens is 2. The van der Waals surface area contributed by atoms with Gasteiger partial charge in [-0.2, -0.15) is 5.10 Å². The molecule has 0 bridgehead atoms. The number of benzene rings is 1. The topological polar surface area (TPSA) is 49.0 Å². The molecule has 1 aromatic carbocycles. The van der Waals surface area contributed by atoms with E-state index < -0.39 is 0 Å². The summed E-state index contributed by atoms with van der Waals surface area (Å²) in [7, 11) is 1.77. The quantitative estimate of drug-likeness (QED) is 0.897. The summed E-state index contributed by atoms with van der Waals surface area (Å²) < 4.78 is 0. The average molecular weight is 241 g/mol. The maximum atomic E-state index is 12.2. The number of anilines is 1. The van der Waals surface area contributed by atoms with Gasteiger partial charge < -0.3 is 4.90 Å². The van der Waals surface area contributed by atoms with Gasteiger partial charge in [0.2, 0.25) is 0 Å². The molecular weight excluding hydrogens is 226 g/mol. The van der Waals surface area contributed by atoms with Crippen molar-refractivity contribution in [3.63, 3.8) is 0 Å². The van der Waals surface area contributed by atoms with Crippen LogP contribution in [0.4, 0.5) is 5.69 Å². The van der Waals surface area contributed by atoms with Crippen LogP contribution in [0.5, 0.6) is 0 Å². The molecule has 2 aromatic rings. The van der Waals surface area contributed by atoms with Crippen molar-refractivity contribution in [2.75, 3.05) is 11.9 Å². The summed E-state index contributed by atoms with van der Waals surface area (Å²) in [6.07, 6.45) is 2.40. The van der Waals surface area contributed by atoms with Crippen molar-refractivity contribution < 1.29 is 4.79 Å². The van der Waals surface area contributed by atoms with Gasteiger partial charge in [-0.1, -0.05) is 18.2 Å². The number of H-pyrrole nitrogens is 1. The molecule has 92 valence electrons. The minimum absolute atomic E-state index is 0.0793. The number of amides is 1. The Labute approximate surface area is 106 Å². The maximum Gasteiger partial charge on any atom is 0.278 e. The van der Waals surface area contributed by atoms with Crippen LogP contribution in [0, 0.1) is 0 Å². The van der Waals surface area contributed by atoms with Crippen LogP contribution in [0.2, 0.25) is 0 Å². The highest BCUT2D eigenvalue weighted by Gasteiger charge is 2.27. The lowest BCUT2D eigenvalue weighted by molar-refractivity contribution is 0.0988. The summed E-state index contributed by atoms with van der Waals surface area (Å²) >= 11 is 0. The van der Waals surface area contributed by atoms with Crippen molar-refractivity contribution in [2.45, 2.75) is 18.8 Å². The number of hydrogen-bond donors (Lipinski definition) is 1. The van der Waals surface area contributed by atoms with E-state index >= 15 is 0 Å². The molecule has 1 aliphatic rings. The molecule has 0 radical (unpaired) electrons. The molecule has 0 spiro atoms. The van der Waals surface area contributed by atoms with E-state index in [2.05, 4.69) is 10.2 Å². The van der Waals surface area contributed by atoms with Gasteiger partial charge in [0.25, 0.3) is 5.91 Å². The molecule has 1 saturated carbocycles. The van der Waals surface area contributed by atoms with Crippen molar-refractivity contribution in [3.05, 3.63) is 47.8 Å². The third-order valence-electron chi connectivity index (χ3n) is 3.28. The molecule has 4 nitrogen and oxygen atoms in total. The van der Waals surface area contributed by atoms with Crippen LogP contribution in [-0.2, 0) is 0 Å². The fourth-order valence-corrected chi connectivity index (χ4v) is 1.99. The van der Waals surface area contributed by atoms with Crippen molar-refractivity contribution in [3.8, 4) is 0 Å². The predicted molar refractivity (Wildman–Crippen MR) is 69.7 cm³/mol. The summed E-state index contributed by atoms with van der Waals surface area (Å²) in [4.78, 5) is 13.9. The largest absolute Gasteiger partial charge is 0.310 e. The maximum absolute atomic E-state index is 12.2. The Morgan fingerprint density at radius 2 is 2.06 bits per heavy atom. The predicted octanol–water partition coefficient (Wildman–Crippen LogP) is 2.56. The summed E-state index contributed by atoms with van der Waals surface area (Å²) in [6.45, 7) is 0. The van der Waals surface area contributed by atoms with Crippen LogP contribution in [0.1, 0.15) is 34.9 Å². The Bertz CT molecular complexity index is 557. The zero-order valence-corrected chi connectivity index (χ0v) is 10.3. The van der Waals surface area contributed by atoms with Crippen LogP contribution >= 0.6 is 0 Å². The normalized spacial score (nSPS) is 14.5. The lowest BCUT2D eigenvalue weighted by Gasteiger charge is -2.15. The molecule has 0 atom stereocenters. The Kier molecular flexibility index (Phi) is 2.63. The van der Waals surface area contributed by atoms with Crippen LogP contribution in [0.15, 0.2) is 36.4 Å². The summed E-state index contributed by atoms with van der Waals surface area (Å²) in [6, 6.07) is 11.5. The highest BCUT2D eigenvalue weighted by Crippen LogP contribution is 2.39. The van der Waals surface area contributed by atoms with Crippen molar-refractivity contribution in [1.82, 2.24) is 10.2 Å². The molecule has 1 amide bonds. The molecular formula is C14H15N3O. The van der Waals surface area contributed by atoms with Crippen LogP contribution in [0.3, 0.4) is 0 Å². The molecule has 0 saturated heterocycles. The van der Waals surface area contributed by atoms with Gasteiger partial charge in [-0.15, -0.1) is 0 Å². The van der Waals surface area contributed by atoms with E-state index in [0.29, 0.717) is 11.6 Å². The van der Waals surface area contributed by atoms with Crippen LogP contribution in [-0.4, -0.2) is 23.2 Å². The molecule has 18 heavy (non-hydrogen) atoms. The molecule has 0 aliphatic heterocycles. The number of aromatic amines is 1. The van der Waals surface area contributed by atoms with E-state index in [0.717, 1.165) is 11.4 Å². The molecule has 3 rings (SSSR count). The van der Waals surface area contributed by atoms with E-state index in [1.807, 2.05) is 36.4 Å². The first kappa shape index (κ1) is 11.0.